The number of para-hydroxylation sites is 1. The highest BCUT2D eigenvalue weighted by atomic mass is 15.1. The molecule has 2 aromatic rings. The van der Waals surface area contributed by atoms with Gasteiger partial charge in [0.1, 0.15) is 5.82 Å². The number of rotatable bonds is 9. The van der Waals surface area contributed by atoms with E-state index in [0.29, 0.717) is 5.96 Å². The van der Waals surface area contributed by atoms with Gasteiger partial charge >= 0.3 is 0 Å². The molecule has 0 saturated heterocycles. The van der Waals surface area contributed by atoms with E-state index in [1.807, 2.05) is 18.2 Å². The average Bonchev–Trinajstić information content (AvgIpc) is 2.65. The van der Waals surface area contributed by atoms with Crippen LogP contribution in [0.15, 0.2) is 47.6 Å². The van der Waals surface area contributed by atoms with E-state index in [4.69, 9.17) is 5.73 Å². The van der Waals surface area contributed by atoms with Crippen molar-refractivity contribution in [2.75, 3.05) is 23.7 Å². The van der Waals surface area contributed by atoms with Crippen LogP contribution in [0.25, 0.3) is 0 Å². The fourth-order valence-corrected chi connectivity index (χ4v) is 2.69. The maximum Gasteiger partial charge on any atom is 0.193 e. The number of unbranched alkanes of at least 4 members (excludes halogenated alkanes) is 1. The molecule has 0 amide bonds. The zero-order chi connectivity index (χ0) is 17.9. The first kappa shape index (κ1) is 18.8. The Morgan fingerprint density at radius 2 is 1.80 bits per heavy atom. The van der Waals surface area contributed by atoms with Crippen molar-refractivity contribution in [3.05, 3.63) is 53.7 Å². The second kappa shape index (κ2) is 10.3. The van der Waals surface area contributed by atoms with E-state index in [1.165, 1.54) is 11.1 Å². The minimum atomic E-state index is 0.494. The monoisotopic (exact) mass is 339 g/mol. The zero-order valence-electron chi connectivity index (χ0n) is 15.3. The van der Waals surface area contributed by atoms with Crippen LogP contribution in [0.4, 0.5) is 11.5 Å². The molecule has 25 heavy (non-hydrogen) atoms. The molecule has 0 fully saturated rings. The molecule has 1 aromatic carbocycles. The predicted molar refractivity (Wildman–Crippen MR) is 107 cm³/mol. The van der Waals surface area contributed by atoms with Crippen molar-refractivity contribution in [1.82, 2.24) is 4.98 Å². The summed E-state index contributed by atoms with van der Waals surface area (Å²) in [5.41, 5.74) is 9.74. The van der Waals surface area contributed by atoms with Gasteiger partial charge in [0.2, 0.25) is 0 Å². The molecule has 0 unspecified atom stereocenters. The molecule has 1 heterocycles. The van der Waals surface area contributed by atoms with E-state index < -0.39 is 0 Å². The minimum Gasteiger partial charge on any atom is -0.370 e. The number of aromatic nitrogens is 1. The van der Waals surface area contributed by atoms with Crippen LogP contribution in [-0.4, -0.2) is 24.0 Å². The third-order valence-electron chi connectivity index (χ3n) is 4.09. The molecule has 0 aliphatic heterocycles. The SMILES string of the molecule is CCc1cccc(CC)c1NC(N)=NCCCCNc1ccccn1. The normalized spacial score (nSPS) is 11.4. The number of anilines is 2. The van der Waals surface area contributed by atoms with Crippen LogP contribution in [0, 0.1) is 0 Å². The average molecular weight is 339 g/mol. The second-order valence-corrected chi connectivity index (χ2v) is 5.90. The summed E-state index contributed by atoms with van der Waals surface area (Å²) in [6, 6.07) is 12.2. The second-order valence-electron chi connectivity index (χ2n) is 5.90. The Morgan fingerprint density at radius 3 is 2.44 bits per heavy atom. The van der Waals surface area contributed by atoms with Gasteiger partial charge in [0, 0.05) is 25.0 Å². The summed E-state index contributed by atoms with van der Waals surface area (Å²) in [6.07, 6.45) is 5.75. The fraction of sp³-hybridized carbons (Fsp3) is 0.400. The number of aliphatic imine (C=N–C) groups is 1. The summed E-state index contributed by atoms with van der Waals surface area (Å²) in [6.45, 7) is 5.92. The number of hydrogen-bond acceptors (Lipinski definition) is 3. The predicted octanol–water partition coefficient (Wildman–Crippen LogP) is 3.83. The summed E-state index contributed by atoms with van der Waals surface area (Å²) >= 11 is 0. The van der Waals surface area contributed by atoms with Crippen LogP contribution in [0.1, 0.15) is 37.8 Å². The van der Waals surface area contributed by atoms with Gasteiger partial charge in [-0.15, -0.1) is 0 Å². The molecular weight excluding hydrogens is 310 g/mol. The molecular formula is C20H29N5. The molecule has 0 spiro atoms. The molecule has 0 aliphatic carbocycles. The van der Waals surface area contributed by atoms with Crippen LogP contribution < -0.4 is 16.4 Å². The number of hydrogen-bond donors (Lipinski definition) is 3. The summed E-state index contributed by atoms with van der Waals surface area (Å²) in [5, 5.41) is 6.60. The lowest BCUT2D eigenvalue weighted by Gasteiger charge is -2.14. The van der Waals surface area contributed by atoms with E-state index in [2.05, 4.69) is 52.7 Å². The Bertz CT molecular complexity index is 645. The van der Waals surface area contributed by atoms with E-state index in [1.54, 1.807) is 6.20 Å². The van der Waals surface area contributed by atoms with Gasteiger partial charge in [-0.05, 0) is 48.9 Å². The minimum absolute atomic E-state index is 0.494. The van der Waals surface area contributed by atoms with Crippen molar-refractivity contribution < 1.29 is 0 Å². The van der Waals surface area contributed by atoms with Crippen LogP contribution in [0.2, 0.25) is 0 Å². The van der Waals surface area contributed by atoms with Crippen LogP contribution in [-0.2, 0) is 12.8 Å². The molecule has 134 valence electrons. The van der Waals surface area contributed by atoms with Crippen molar-refractivity contribution in [1.29, 1.82) is 0 Å². The molecule has 5 nitrogen and oxygen atoms in total. The lowest BCUT2D eigenvalue weighted by Crippen LogP contribution is -2.24. The van der Waals surface area contributed by atoms with Crippen molar-refractivity contribution in [2.24, 2.45) is 10.7 Å². The number of nitrogens with zero attached hydrogens (tertiary/aromatic N) is 2. The molecule has 0 atom stereocenters. The van der Waals surface area contributed by atoms with Gasteiger partial charge in [-0.25, -0.2) is 4.98 Å². The van der Waals surface area contributed by atoms with Crippen LogP contribution in [0.5, 0.6) is 0 Å². The quantitative estimate of drug-likeness (QED) is 0.369. The van der Waals surface area contributed by atoms with Crippen molar-refractivity contribution in [3.8, 4) is 0 Å². The highest BCUT2D eigenvalue weighted by Crippen LogP contribution is 2.22. The fourth-order valence-electron chi connectivity index (χ4n) is 2.69. The van der Waals surface area contributed by atoms with E-state index in [0.717, 1.165) is 50.3 Å². The standard InChI is InChI=1S/C20H29N5/c1-3-16-10-9-11-17(4-2)19(16)25-20(21)24-15-8-7-14-23-18-12-5-6-13-22-18/h5-6,9-13H,3-4,7-8,14-15H2,1-2H3,(H,22,23)(H3,21,24,25). The van der Waals surface area contributed by atoms with Gasteiger partial charge in [-0.1, -0.05) is 38.1 Å². The largest absolute Gasteiger partial charge is 0.370 e. The first-order chi connectivity index (χ1) is 12.2. The van der Waals surface area contributed by atoms with Gasteiger partial charge in [0.05, 0.1) is 0 Å². The maximum absolute atomic E-state index is 6.07. The molecule has 2 rings (SSSR count). The number of guanidine groups is 1. The molecule has 5 heteroatoms. The molecule has 0 radical (unpaired) electrons. The third kappa shape index (κ3) is 6.10. The summed E-state index contributed by atoms with van der Waals surface area (Å²) in [5.74, 6) is 1.41. The Labute approximate surface area is 150 Å². The zero-order valence-corrected chi connectivity index (χ0v) is 15.3. The summed E-state index contributed by atoms with van der Waals surface area (Å²) in [7, 11) is 0. The smallest absolute Gasteiger partial charge is 0.193 e. The Hall–Kier alpha value is -2.56. The van der Waals surface area contributed by atoms with Gasteiger partial charge < -0.3 is 16.4 Å². The van der Waals surface area contributed by atoms with Gasteiger partial charge in [0.25, 0.3) is 0 Å². The summed E-state index contributed by atoms with van der Waals surface area (Å²) in [4.78, 5) is 8.69. The highest BCUT2D eigenvalue weighted by molar-refractivity contribution is 5.93. The van der Waals surface area contributed by atoms with E-state index >= 15 is 0 Å². The van der Waals surface area contributed by atoms with E-state index in [-0.39, 0.29) is 0 Å². The first-order valence-corrected chi connectivity index (χ1v) is 9.07. The van der Waals surface area contributed by atoms with Crippen molar-refractivity contribution in [2.45, 2.75) is 39.5 Å². The van der Waals surface area contributed by atoms with E-state index in [9.17, 15) is 0 Å². The molecule has 4 N–H and O–H groups in total. The van der Waals surface area contributed by atoms with Crippen molar-refractivity contribution >= 4 is 17.5 Å². The van der Waals surface area contributed by atoms with Gasteiger partial charge in [-0.2, -0.15) is 0 Å². The topological polar surface area (TPSA) is 75.3 Å². The Kier molecular flexibility index (Phi) is 7.76. The number of nitrogens with two attached hydrogens (primary N) is 1. The molecule has 0 bridgehead atoms. The van der Waals surface area contributed by atoms with Crippen LogP contribution in [0.3, 0.4) is 0 Å². The third-order valence-corrected chi connectivity index (χ3v) is 4.09. The highest BCUT2D eigenvalue weighted by Gasteiger charge is 2.06. The first-order valence-electron chi connectivity index (χ1n) is 9.07. The molecule has 0 saturated carbocycles. The lowest BCUT2D eigenvalue weighted by molar-refractivity contribution is 0.772. The number of benzene rings is 1. The molecule has 0 aliphatic rings. The molecule has 1 aromatic heterocycles. The van der Waals surface area contributed by atoms with Gasteiger partial charge in [0.15, 0.2) is 5.96 Å². The van der Waals surface area contributed by atoms with Gasteiger partial charge in [-0.3, -0.25) is 4.99 Å². The number of aryl methyl sites for hydroxylation is 2. The maximum atomic E-state index is 6.07. The summed E-state index contributed by atoms with van der Waals surface area (Å²) < 4.78 is 0. The Balaban J connectivity index is 1.76. The Morgan fingerprint density at radius 1 is 1.04 bits per heavy atom. The number of nitrogens with one attached hydrogen (secondary N) is 2. The lowest BCUT2D eigenvalue weighted by atomic mass is 10.0. The number of pyridine rings is 1. The van der Waals surface area contributed by atoms with Crippen LogP contribution >= 0.6 is 0 Å². The van der Waals surface area contributed by atoms with Crippen molar-refractivity contribution in [3.63, 3.8) is 0 Å².